The van der Waals surface area contributed by atoms with Crippen LogP contribution in [-0.4, -0.2) is 55.0 Å². The zero-order valence-corrected chi connectivity index (χ0v) is 17.3. The molecule has 0 spiro atoms. The van der Waals surface area contributed by atoms with E-state index in [0.29, 0.717) is 0 Å². The number of sulfonamides is 1. The van der Waals surface area contributed by atoms with Crippen molar-refractivity contribution in [1.82, 2.24) is 9.21 Å². The third kappa shape index (κ3) is 4.96. The summed E-state index contributed by atoms with van der Waals surface area (Å²) in [6, 6.07) is 2.14. The smallest absolute Gasteiger partial charge is 0.416 e. The summed E-state index contributed by atoms with van der Waals surface area (Å²) >= 11 is 0. The largest absolute Gasteiger partial charge is 0.444 e. The van der Waals surface area contributed by atoms with E-state index in [1.807, 2.05) is 0 Å². The van der Waals surface area contributed by atoms with Crippen molar-refractivity contribution in [3.63, 3.8) is 0 Å². The predicted octanol–water partition coefficient (Wildman–Crippen LogP) is 3.64. The van der Waals surface area contributed by atoms with Gasteiger partial charge in [0.15, 0.2) is 0 Å². The molecule has 1 fully saturated rings. The van der Waals surface area contributed by atoms with Crippen LogP contribution in [0.4, 0.5) is 18.0 Å². The Morgan fingerprint density at radius 3 is 2.25 bits per heavy atom. The van der Waals surface area contributed by atoms with E-state index in [-0.39, 0.29) is 30.1 Å². The van der Waals surface area contributed by atoms with Crippen molar-refractivity contribution in [2.24, 2.45) is 0 Å². The monoisotopic (exact) mass is 422 g/mol. The van der Waals surface area contributed by atoms with Crippen molar-refractivity contribution in [2.45, 2.75) is 57.3 Å². The Bertz CT molecular complexity index is 847. The lowest BCUT2D eigenvalue weighted by molar-refractivity contribution is -0.137. The number of alkyl halides is 3. The van der Waals surface area contributed by atoms with Crippen LogP contribution in [0, 0.1) is 6.92 Å². The van der Waals surface area contributed by atoms with Crippen LogP contribution in [-0.2, 0) is 20.9 Å². The van der Waals surface area contributed by atoms with Crippen LogP contribution in [0.1, 0.15) is 38.8 Å². The molecule has 1 amide bonds. The van der Waals surface area contributed by atoms with Crippen LogP contribution < -0.4 is 0 Å². The molecule has 2 rings (SSSR count). The first-order valence-corrected chi connectivity index (χ1v) is 10.2. The second-order valence-corrected chi connectivity index (χ2v) is 9.77. The van der Waals surface area contributed by atoms with Crippen LogP contribution in [0.25, 0.3) is 0 Å². The molecule has 1 aliphatic heterocycles. The number of benzene rings is 1. The number of carbonyl (C=O) groups excluding carboxylic acids is 1. The minimum absolute atomic E-state index is 0.0250. The van der Waals surface area contributed by atoms with Gasteiger partial charge in [0.05, 0.1) is 10.5 Å². The minimum Gasteiger partial charge on any atom is -0.444 e. The molecule has 0 N–H and O–H groups in total. The molecule has 1 atom stereocenters. The summed E-state index contributed by atoms with van der Waals surface area (Å²) in [5.74, 6) is 0. The molecule has 1 aromatic rings. The van der Waals surface area contributed by atoms with Gasteiger partial charge in [0.2, 0.25) is 10.0 Å². The van der Waals surface area contributed by atoms with E-state index < -0.39 is 39.5 Å². The Kier molecular flexibility index (Phi) is 6.06. The summed E-state index contributed by atoms with van der Waals surface area (Å²) in [5, 5.41) is 0. The Balaban J connectivity index is 2.20. The number of aryl methyl sites for hydroxylation is 1. The first kappa shape index (κ1) is 22.5. The van der Waals surface area contributed by atoms with Gasteiger partial charge in [0.25, 0.3) is 0 Å². The van der Waals surface area contributed by atoms with Crippen molar-refractivity contribution in [3.8, 4) is 0 Å². The Morgan fingerprint density at radius 1 is 1.18 bits per heavy atom. The SMILES string of the molecule is Cc1cc(C(F)(F)F)ccc1S(=O)(=O)N1CCN(C(=O)OC(C)(C)C)[C@@H](C)C1. The minimum atomic E-state index is -4.54. The maximum Gasteiger partial charge on any atom is 0.416 e. The van der Waals surface area contributed by atoms with Gasteiger partial charge in [-0.05, 0) is 58.4 Å². The molecular weight excluding hydrogens is 397 g/mol. The lowest BCUT2D eigenvalue weighted by atomic mass is 10.1. The first-order chi connectivity index (χ1) is 12.6. The van der Waals surface area contributed by atoms with E-state index in [9.17, 15) is 26.4 Å². The molecule has 0 saturated carbocycles. The summed E-state index contributed by atoms with van der Waals surface area (Å²) in [6.45, 7) is 8.45. The molecule has 0 radical (unpaired) electrons. The predicted molar refractivity (Wildman–Crippen MR) is 97.3 cm³/mol. The number of rotatable bonds is 2. The second kappa shape index (κ2) is 7.55. The molecule has 28 heavy (non-hydrogen) atoms. The number of nitrogens with zero attached hydrogens (tertiary/aromatic N) is 2. The maximum absolute atomic E-state index is 12.9. The molecule has 1 saturated heterocycles. The van der Waals surface area contributed by atoms with Crippen molar-refractivity contribution < 1.29 is 31.1 Å². The molecule has 10 heteroatoms. The van der Waals surface area contributed by atoms with Gasteiger partial charge in [-0.3, -0.25) is 0 Å². The van der Waals surface area contributed by atoms with E-state index >= 15 is 0 Å². The fourth-order valence-corrected chi connectivity index (χ4v) is 4.71. The van der Waals surface area contributed by atoms with Gasteiger partial charge in [-0.15, -0.1) is 0 Å². The highest BCUT2D eigenvalue weighted by Gasteiger charge is 2.37. The van der Waals surface area contributed by atoms with Gasteiger partial charge in [0, 0.05) is 25.7 Å². The van der Waals surface area contributed by atoms with E-state index in [0.717, 1.165) is 18.2 Å². The Morgan fingerprint density at radius 2 is 1.79 bits per heavy atom. The number of hydrogen-bond donors (Lipinski definition) is 0. The van der Waals surface area contributed by atoms with Crippen molar-refractivity contribution in [1.29, 1.82) is 0 Å². The molecule has 1 aliphatic rings. The number of amides is 1. The number of hydrogen-bond acceptors (Lipinski definition) is 4. The summed E-state index contributed by atoms with van der Waals surface area (Å²) < 4.78 is 70.9. The Hall–Kier alpha value is -1.81. The highest BCUT2D eigenvalue weighted by Crippen LogP contribution is 2.32. The van der Waals surface area contributed by atoms with Gasteiger partial charge in [-0.25, -0.2) is 13.2 Å². The topological polar surface area (TPSA) is 66.9 Å². The van der Waals surface area contributed by atoms with Crippen LogP contribution in [0.15, 0.2) is 23.1 Å². The Labute approximate surface area is 163 Å². The molecule has 6 nitrogen and oxygen atoms in total. The highest BCUT2D eigenvalue weighted by atomic mass is 32.2. The normalized spacial score (nSPS) is 19.6. The van der Waals surface area contributed by atoms with Gasteiger partial charge < -0.3 is 9.64 Å². The maximum atomic E-state index is 12.9. The van der Waals surface area contributed by atoms with Crippen LogP contribution >= 0.6 is 0 Å². The lowest BCUT2D eigenvalue weighted by Crippen LogP contribution is -2.56. The first-order valence-electron chi connectivity index (χ1n) is 8.80. The molecule has 0 unspecified atom stereocenters. The number of ether oxygens (including phenoxy) is 1. The third-order valence-corrected chi connectivity index (χ3v) is 6.36. The summed E-state index contributed by atoms with van der Waals surface area (Å²) in [6.07, 6.45) is -5.07. The van der Waals surface area contributed by atoms with Crippen LogP contribution in [0.5, 0.6) is 0 Å². The molecule has 1 aromatic carbocycles. The molecule has 0 bridgehead atoms. The molecular formula is C18H25F3N2O4S. The van der Waals surface area contributed by atoms with Crippen molar-refractivity contribution in [2.75, 3.05) is 19.6 Å². The van der Waals surface area contributed by atoms with E-state index in [2.05, 4.69) is 0 Å². The highest BCUT2D eigenvalue weighted by molar-refractivity contribution is 7.89. The van der Waals surface area contributed by atoms with Crippen molar-refractivity contribution in [3.05, 3.63) is 29.3 Å². The van der Waals surface area contributed by atoms with Gasteiger partial charge in [-0.2, -0.15) is 17.5 Å². The fourth-order valence-electron chi connectivity index (χ4n) is 2.99. The molecule has 0 aromatic heterocycles. The third-order valence-electron chi connectivity index (χ3n) is 4.34. The van der Waals surface area contributed by atoms with Gasteiger partial charge >= 0.3 is 12.3 Å². The van der Waals surface area contributed by atoms with Gasteiger partial charge in [-0.1, -0.05) is 0 Å². The van der Waals surface area contributed by atoms with Gasteiger partial charge in [0.1, 0.15) is 5.60 Å². The number of halogens is 3. The lowest BCUT2D eigenvalue weighted by Gasteiger charge is -2.39. The zero-order valence-electron chi connectivity index (χ0n) is 16.5. The second-order valence-electron chi connectivity index (χ2n) is 7.86. The van der Waals surface area contributed by atoms with E-state index in [4.69, 9.17) is 4.74 Å². The van der Waals surface area contributed by atoms with E-state index in [1.165, 1.54) is 16.1 Å². The van der Waals surface area contributed by atoms with E-state index in [1.54, 1.807) is 27.7 Å². The standard InChI is InChI=1S/C18H25F3N2O4S/c1-12-10-14(18(19,20)21)6-7-15(12)28(25,26)22-8-9-23(13(2)11-22)16(24)27-17(3,4)5/h6-7,10,13H,8-9,11H2,1-5H3/t13-/m0/s1. The number of piperazine rings is 1. The molecule has 0 aliphatic carbocycles. The molecule has 158 valence electrons. The summed E-state index contributed by atoms with van der Waals surface area (Å²) in [5.41, 5.74) is -1.54. The summed E-state index contributed by atoms with van der Waals surface area (Å²) in [4.78, 5) is 13.6. The quantitative estimate of drug-likeness (QED) is 0.730. The summed E-state index contributed by atoms with van der Waals surface area (Å²) in [7, 11) is -3.98. The molecule has 1 heterocycles. The van der Waals surface area contributed by atoms with Crippen molar-refractivity contribution >= 4 is 16.1 Å². The average Bonchev–Trinajstić information content (AvgIpc) is 2.51. The number of carbonyl (C=O) groups is 1. The average molecular weight is 422 g/mol. The van der Waals surface area contributed by atoms with Crippen LogP contribution in [0.3, 0.4) is 0 Å². The zero-order chi connectivity index (χ0) is 21.5. The fraction of sp³-hybridized carbons (Fsp3) is 0.611. The van der Waals surface area contributed by atoms with Crippen LogP contribution in [0.2, 0.25) is 0 Å².